The fourth-order valence-electron chi connectivity index (χ4n) is 3.30. The molecule has 1 saturated heterocycles. The highest BCUT2D eigenvalue weighted by Crippen LogP contribution is 2.38. The summed E-state index contributed by atoms with van der Waals surface area (Å²) in [5.74, 6) is 2.53. The van der Waals surface area contributed by atoms with Crippen LogP contribution in [0.3, 0.4) is 0 Å². The van der Waals surface area contributed by atoms with Gasteiger partial charge in [0, 0.05) is 26.7 Å². The summed E-state index contributed by atoms with van der Waals surface area (Å²) in [6.45, 7) is 7.53. The first kappa shape index (κ1) is 26.9. The molecule has 176 valence electrons. The quantitative estimate of drug-likeness (QED) is 0.320. The molecule has 1 aromatic rings. The van der Waals surface area contributed by atoms with E-state index in [0.29, 0.717) is 30.3 Å². The Morgan fingerprint density at radius 2 is 1.77 bits per heavy atom. The number of carbonyl (C=O) groups excluding carboxylic acids is 1. The highest BCUT2D eigenvalue weighted by Gasteiger charge is 2.28. The van der Waals surface area contributed by atoms with Gasteiger partial charge in [-0.25, -0.2) is 4.79 Å². The second kappa shape index (κ2) is 12.1. The molecule has 0 saturated carbocycles. The number of carbonyl (C=O) groups is 1. The van der Waals surface area contributed by atoms with Crippen LogP contribution in [0.1, 0.15) is 32.8 Å². The second-order valence-electron chi connectivity index (χ2n) is 8.01. The highest BCUT2D eigenvalue weighted by molar-refractivity contribution is 14.0. The minimum absolute atomic E-state index is 0. The summed E-state index contributed by atoms with van der Waals surface area (Å²) < 4.78 is 21.5. The van der Waals surface area contributed by atoms with Gasteiger partial charge in [-0.05, 0) is 44.9 Å². The van der Waals surface area contributed by atoms with Crippen molar-refractivity contribution in [2.45, 2.75) is 45.4 Å². The van der Waals surface area contributed by atoms with Crippen LogP contribution in [0.25, 0.3) is 0 Å². The molecule has 1 fully saturated rings. The number of hydrogen-bond acceptors (Lipinski definition) is 6. The molecule has 0 bridgehead atoms. The zero-order chi connectivity index (χ0) is 22.3. The third-order valence-electron chi connectivity index (χ3n) is 4.60. The average molecular weight is 550 g/mol. The van der Waals surface area contributed by atoms with E-state index in [1.165, 1.54) is 0 Å². The van der Waals surface area contributed by atoms with Gasteiger partial charge in [-0.15, -0.1) is 24.0 Å². The Hall–Kier alpha value is -2.11. The van der Waals surface area contributed by atoms with E-state index < -0.39 is 11.7 Å². The monoisotopic (exact) mass is 550 g/mol. The molecule has 0 radical (unpaired) electrons. The topological polar surface area (TPSA) is 93.7 Å². The van der Waals surface area contributed by atoms with Crippen LogP contribution in [-0.4, -0.2) is 70.1 Å². The van der Waals surface area contributed by atoms with E-state index in [1.807, 2.05) is 32.9 Å². The van der Waals surface area contributed by atoms with Gasteiger partial charge in [0.05, 0.1) is 27.4 Å². The lowest BCUT2D eigenvalue weighted by Gasteiger charge is -2.23. The minimum atomic E-state index is -0.513. The summed E-state index contributed by atoms with van der Waals surface area (Å²) in [4.78, 5) is 18.5. The SMILES string of the molecule is CN=C(NCc1cc(OC)c(OC)c(OC)c1)N1CCC(NC(=O)OC(C)(C)C)C1.I. The number of halogens is 1. The maximum absolute atomic E-state index is 12.0. The van der Waals surface area contributed by atoms with Gasteiger partial charge in [-0.2, -0.15) is 0 Å². The molecule has 1 aromatic carbocycles. The summed E-state index contributed by atoms with van der Waals surface area (Å²) in [7, 11) is 6.51. The van der Waals surface area contributed by atoms with Gasteiger partial charge in [0.25, 0.3) is 0 Å². The van der Waals surface area contributed by atoms with Crippen LogP contribution in [0.2, 0.25) is 0 Å². The molecule has 2 N–H and O–H groups in total. The fraction of sp³-hybridized carbons (Fsp3) is 0.619. The molecule has 0 aromatic heterocycles. The standard InChI is InChI=1S/C21H34N4O5.HI/c1-21(2,3)30-20(26)24-15-8-9-25(13-15)19(22-4)23-12-14-10-16(27-5)18(29-7)17(11-14)28-6;/h10-11,15H,8-9,12-13H2,1-7H3,(H,22,23)(H,24,26);1H. The lowest BCUT2D eigenvalue weighted by Crippen LogP contribution is -2.44. The van der Waals surface area contributed by atoms with Gasteiger partial charge in [-0.1, -0.05) is 0 Å². The van der Waals surface area contributed by atoms with Gasteiger partial charge in [0.1, 0.15) is 5.60 Å². The number of ether oxygens (including phenoxy) is 4. The van der Waals surface area contributed by atoms with E-state index in [2.05, 4.69) is 20.5 Å². The molecular formula is C21H35IN4O5. The van der Waals surface area contributed by atoms with E-state index >= 15 is 0 Å². The number of nitrogens with zero attached hydrogens (tertiary/aromatic N) is 2. The molecule has 0 spiro atoms. The third kappa shape index (κ3) is 7.82. The summed E-state index contributed by atoms with van der Waals surface area (Å²) in [6.07, 6.45) is 0.430. The summed E-state index contributed by atoms with van der Waals surface area (Å²) >= 11 is 0. The van der Waals surface area contributed by atoms with Crippen molar-refractivity contribution in [3.63, 3.8) is 0 Å². The first-order valence-electron chi connectivity index (χ1n) is 9.94. The van der Waals surface area contributed by atoms with Gasteiger partial charge in [0.15, 0.2) is 17.5 Å². The van der Waals surface area contributed by atoms with E-state index in [9.17, 15) is 4.79 Å². The Balaban J connectivity index is 0.00000480. The summed E-state index contributed by atoms with van der Waals surface area (Å²) in [6, 6.07) is 3.82. The summed E-state index contributed by atoms with van der Waals surface area (Å²) in [5, 5.41) is 6.29. The van der Waals surface area contributed by atoms with Crippen LogP contribution in [0, 0.1) is 0 Å². The molecule has 9 nitrogen and oxygen atoms in total. The lowest BCUT2D eigenvalue weighted by molar-refractivity contribution is 0.0507. The minimum Gasteiger partial charge on any atom is -0.493 e. The molecule has 31 heavy (non-hydrogen) atoms. The van der Waals surface area contributed by atoms with Crippen molar-refractivity contribution in [3.05, 3.63) is 17.7 Å². The number of rotatable bonds is 6. The molecular weight excluding hydrogens is 515 g/mol. The van der Waals surface area contributed by atoms with Gasteiger partial charge < -0.3 is 34.5 Å². The van der Waals surface area contributed by atoms with E-state index in [1.54, 1.807) is 28.4 Å². The van der Waals surface area contributed by atoms with Crippen molar-refractivity contribution in [2.75, 3.05) is 41.5 Å². The molecule has 1 heterocycles. The molecule has 2 rings (SSSR count). The van der Waals surface area contributed by atoms with Crippen molar-refractivity contribution >= 4 is 36.0 Å². The van der Waals surface area contributed by atoms with Crippen molar-refractivity contribution in [2.24, 2.45) is 4.99 Å². The Kier molecular flexibility index (Phi) is 10.5. The number of aliphatic imine (C=N–C) groups is 1. The van der Waals surface area contributed by atoms with E-state index in [0.717, 1.165) is 24.5 Å². The third-order valence-corrected chi connectivity index (χ3v) is 4.60. The van der Waals surface area contributed by atoms with Gasteiger partial charge in [-0.3, -0.25) is 4.99 Å². The number of alkyl carbamates (subject to hydrolysis) is 1. The lowest BCUT2D eigenvalue weighted by atomic mass is 10.2. The Morgan fingerprint density at radius 3 is 2.26 bits per heavy atom. The Bertz CT molecular complexity index is 742. The van der Waals surface area contributed by atoms with Crippen molar-refractivity contribution in [1.82, 2.24) is 15.5 Å². The molecule has 1 aliphatic heterocycles. The number of likely N-dealkylation sites (tertiary alicyclic amines) is 1. The zero-order valence-corrected chi connectivity index (χ0v) is 21.7. The number of hydrogen-bond donors (Lipinski definition) is 2. The zero-order valence-electron chi connectivity index (χ0n) is 19.4. The van der Waals surface area contributed by atoms with Crippen LogP contribution in [0.5, 0.6) is 17.2 Å². The first-order valence-corrected chi connectivity index (χ1v) is 9.94. The summed E-state index contributed by atoms with van der Waals surface area (Å²) in [5.41, 5.74) is 0.453. The molecule has 1 atom stereocenters. The van der Waals surface area contributed by atoms with E-state index in [4.69, 9.17) is 18.9 Å². The van der Waals surface area contributed by atoms with Crippen molar-refractivity contribution < 1.29 is 23.7 Å². The average Bonchev–Trinajstić information content (AvgIpc) is 3.14. The highest BCUT2D eigenvalue weighted by atomic mass is 127. The smallest absolute Gasteiger partial charge is 0.407 e. The number of methoxy groups -OCH3 is 3. The largest absolute Gasteiger partial charge is 0.493 e. The molecule has 1 amide bonds. The van der Waals surface area contributed by atoms with Crippen LogP contribution < -0.4 is 24.8 Å². The molecule has 1 aliphatic rings. The van der Waals surface area contributed by atoms with Gasteiger partial charge >= 0.3 is 6.09 Å². The first-order chi connectivity index (χ1) is 14.2. The van der Waals surface area contributed by atoms with Crippen molar-refractivity contribution in [3.8, 4) is 17.2 Å². The molecule has 1 unspecified atom stereocenters. The second-order valence-corrected chi connectivity index (χ2v) is 8.01. The number of amides is 1. The van der Waals surface area contributed by atoms with Crippen LogP contribution in [-0.2, 0) is 11.3 Å². The predicted octanol–water partition coefficient (Wildman–Crippen LogP) is 3.00. The number of benzene rings is 1. The van der Waals surface area contributed by atoms with E-state index in [-0.39, 0.29) is 30.0 Å². The Morgan fingerprint density at radius 1 is 1.16 bits per heavy atom. The number of guanidine groups is 1. The number of nitrogens with one attached hydrogen (secondary N) is 2. The van der Waals surface area contributed by atoms with Crippen LogP contribution in [0.4, 0.5) is 4.79 Å². The van der Waals surface area contributed by atoms with Gasteiger partial charge in [0.2, 0.25) is 5.75 Å². The fourth-order valence-corrected chi connectivity index (χ4v) is 3.30. The maximum atomic E-state index is 12.0. The predicted molar refractivity (Wildman–Crippen MR) is 131 cm³/mol. The Labute approximate surface area is 201 Å². The molecule has 0 aliphatic carbocycles. The molecule has 10 heteroatoms. The normalized spacial score (nSPS) is 16.3. The van der Waals surface area contributed by atoms with Crippen LogP contribution in [0.15, 0.2) is 17.1 Å². The van der Waals surface area contributed by atoms with Crippen LogP contribution >= 0.6 is 24.0 Å². The van der Waals surface area contributed by atoms with Crippen molar-refractivity contribution in [1.29, 1.82) is 0 Å². The maximum Gasteiger partial charge on any atom is 0.407 e.